The van der Waals surface area contributed by atoms with Crippen molar-refractivity contribution in [3.8, 4) is 0 Å². The van der Waals surface area contributed by atoms with Crippen molar-refractivity contribution in [3.05, 3.63) is 65.0 Å². The number of carboxylic acid groups (broad SMARTS) is 1. The zero-order chi connectivity index (χ0) is 20.4. The molecule has 8 nitrogen and oxygen atoms in total. The van der Waals surface area contributed by atoms with Gasteiger partial charge >= 0.3 is 5.97 Å². The molecule has 1 atom stereocenters. The van der Waals surface area contributed by atoms with Gasteiger partial charge in [0.2, 0.25) is 5.91 Å². The maximum atomic E-state index is 13.4. The van der Waals surface area contributed by atoms with Gasteiger partial charge in [0, 0.05) is 6.20 Å². The minimum absolute atomic E-state index is 0.0714. The molecule has 0 saturated heterocycles. The van der Waals surface area contributed by atoms with Crippen LogP contribution in [0.5, 0.6) is 0 Å². The van der Waals surface area contributed by atoms with E-state index in [1.165, 1.54) is 24.4 Å². The summed E-state index contributed by atoms with van der Waals surface area (Å²) in [5.74, 6) is -1.90. The van der Waals surface area contributed by atoms with Crippen LogP contribution in [0.2, 0.25) is 0 Å². The molecule has 0 aliphatic carbocycles. The first-order valence-corrected chi connectivity index (χ1v) is 8.64. The molecular weight excluding hydrogens is 365 g/mol. The molecule has 0 spiro atoms. The van der Waals surface area contributed by atoms with E-state index in [0.29, 0.717) is 23.6 Å². The van der Waals surface area contributed by atoms with Gasteiger partial charge in [-0.15, -0.1) is 0 Å². The molecular formula is C19H20FN5O3. The number of anilines is 1. The Bertz CT molecular complexity index is 1040. The Labute approximate surface area is 160 Å². The number of carbonyl (C=O) groups excluding carboxylic acids is 1. The molecule has 9 heteroatoms. The van der Waals surface area contributed by atoms with Crippen molar-refractivity contribution in [3.63, 3.8) is 0 Å². The van der Waals surface area contributed by atoms with Crippen LogP contribution in [-0.4, -0.2) is 36.5 Å². The SMILES string of the molecule is Cc1nn(Cc2cccc(F)c2)c(C)c1NC(=O)C(C)n1nccc1C(=O)O. The fourth-order valence-electron chi connectivity index (χ4n) is 2.97. The lowest BCUT2D eigenvalue weighted by Gasteiger charge is -2.14. The average molecular weight is 385 g/mol. The highest BCUT2D eigenvalue weighted by atomic mass is 19.1. The first-order chi connectivity index (χ1) is 13.3. The number of rotatable bonds is 6. The fourth-order valence-corrected chi connectivity index (χ4v) is 2.97. The number of aromatic nitrogens is 4. The van der Waals surface area contributed by atoms with E-state index < -0.39 is 17.9 Å². The molecule has 2 heterocycles. The van der Waals surface area contributed by atoms with E-state index in [-0.39, 0.29) is 11.5 Å². The lowest BCUT2D eigenvalue weighted by molar-refractivity contribution is -0.119. The van der Waals surface area contributed by atoms with Crippen molar-refractivity contribution < 1.29 is 19.1 Å². The van der Waals surface area contributed by atoms with Crippen molar-refractivity contribution in [1.82, 2.24) is 19.6 Å². The van der Waals surface area contributed by atoms with Gasteiger partial charge in [-0.2, -0.15) is 10.2 Å². The first kappa shape index (κ1) is 19.3. The van der Waals surface area contributed by atoms with Crippen molar-refractivity contribution in [2.75, 3.05) is 5.32 Å². The van der Waals surface area contributed by atoms with Crippen LogP contribution < -0.4 is 5.32 Å². The molecule has 28 heavy (non-hydrogen) atoms. The van der Waals surface area contributed by atoms with Crippen molar-refractivity contribution in [1.29, 1.82) is 0 Å². The number of hydrogen-bond acceptors (Lipinski definition) is 4. The molecule has 146 valence electrons. The summed E-state index contributed by atoms with van der Waals surface area (Å²) in [6.45, 7) is 5.48. The van der Waals surface area contributed by atoms with Gasteiger partial charge in [-0.25, -0.2) is 13.9 Å². The molecule has 0 fully saturated rings. The Morgan fingerprint density at radius 2 is 2.04 bits per heavy atom. The highest BCUT2D eigenvalue weighted by molar-refractivity contribution is 5.95. The van der Waals surface area contributed by atoms with E-state index in [1.54, 1.807) is 37.6 Å². The number of nitrogens with one attached hydrogen (secondary N) is 1. The van der Waals surface area contributed by atoms with E-state index in [4.69, 9.17) is 0 Å². The number of amides is 1. The highest BCUT2D eigenvalue weighted by Crippen LogP contribution is 2.22. The van der Waals surface area contributed by atoms with Crippen molar-refractivity contribution in [2.24, 2.45) is 0 Å². The lowest BCUT2D eigenvalue weighted by atomic mass is 10.2. The number of carbonyl (C=O) groups is 2. The molecule has 2 aromatic heterocycles. The third-order valence-electron chi connectivity index (χ3n) is 4.49. The Balaban J connectivity index is 1.80. The third kappa shape index (κ3) is 3.78. The topological polar surface area (TPSA) is 102 Å². The third-order valence-corrected chi connectivity index (χ3v) is 4.49. The predicted molar refractivity (Wildman–Crippen MR) is 99.7 cm³/mol. The molecule has 0 aliphatic heterocycles. The van der Waals surface area contributed by atoms with Gasteiger partial charge in [-0.1, -0.05) is 12.1 Å². The van der Waals surface area contributed by atoms with Gasteiger partial charge in [0.15, 0.2) is 0 Å². The van der Waals surface area contributed by atoms with Crippen LogP contribution in [0.1, 0.15) is 40.4 Å². The normalized spacial score (nSPS) is 12.0. The Hall–Kier alpha value is -3.49. The van der Waals surface area contributed by atoms with Gasteiger partial charge in [0.25, 0.3) is 0 Å². The molecule has 0 radical (unpaired) electrons. The monoisotopic (exact) mass is 385 g/mol. The standard InChI is InChI=1S/C19H20FN5O3/c1-11-17(12(2)24(23-11)10-14-5-4-6-15(20)9-14)22-18(26)13(3)25-16(19(27)28)7-8-21-25/h4-9,13H,10H2,1-3H3,(H,22,26)(H,27,28). The summed E-state index contributed by atoms with van der Waals surface area (Å²) in [6.07, 6.45) is 1.33. The van der Waals surface area contributed by atoms with E-state index in [9.17, 15) is 19.1 Å². The summed E-state index contributed by atoms with van der Waals surface area (Å²) < 4.78 is 16.2. The number of halogens is 1. The Morgan fingerprint density at radius 1 is 1.29 bits per heavy atom. The van der Waals surface area contributed by atoms with Crippen LogP contribution in [0.15, 0.2) is 36.5 Å². The highest BCUT2D eigenvalue weighted by Gasteiger charge is 2.23. The largest absolute Gasteiger partial charge is 0.477 e. The van der Waals surface area contributed by atoms with E-state index in [0.717, 1.165) is 10.2 Å². The number of carboxylic acids is 1. The zero-order valence-electron chi connectivity index (χ0n) is 15.7. The molecule has 0 aliphatic rings. The van der Waals surface area contributed by atoms with Crippen LogP contribution >= 0.6 is 0 Å². The molecule has 1 amide bonds. The minimum Gasteiger partial charge on any atom is -0.477 e. The summed E-state index contributed by atoms with van der Waals surface area (Å²) in [7, 11) is 0. The summed E-state index contributed by atoms with van der Waals surface area (Å²) in [4.78, 5) is 23.9. The van der Waals surface area contributed by atoms with E-state index in [2.05, 4.69) is 15.5 Å². The maximum Gasteiger partial charge on any atom is 0.354 e. The summed E-state index contributed by atoms with van der Waals surface area (Å²) in [5.41, 5.74) is 2.53. The summed E-state index contributed by atoms with van der Waals surface area (Å²) in [6, 6.07) is 6.74. The average Bonchev–Trinajstić information content (AvgIpc) is 3.22. The van der Waals surface area contributed by atoms with Gasteiger partial charge < -0.3 is 10.4 Å². The molecule has 2 N–H and O–H groups in total. The Morgan fingerprint density at radius 3 is 2.71 bits per heavy atom. The smallest absolute Gasteiger partial charge is 0.354 e. The van der Waals surface area contributed by atoms with Gasteiger partial charge in [-0.05, 0) is 44.5 Å². The first-order valence-electron chi connectivity index (χ1n) is 8.64. The molecule has 3 rings (SSSR count). The molecule has 0 bridgehead atoms. The second-order valence-electron chi connectivity index (χ2n) is 6.46. The van der Waals surface area contributed by atoms with Crippen LogP contribution in [-0.2, 0) is 11.3 Å². The predicted octanol–water partition coefficient (Wildman–Crippen LogP) is 2.78. The molecule has 3 aromatic rings. The van der Waals surface area contributed by atoms with Crippen LogP contribution in [0, 0.1) is 19.7 Å². The number of aromatic carboxylic acids is 1. The zero-order valence-corrected chi connectivity index (χ0v) is 15.7. The fraction of sp³-hybridized carbons (Fsp3) is 0.263. The van der Waals surface area contributed by atoms with Gasteiger partial charge in [0.05, 0.1) is 23.6 Å². The van der Waals surface area contributed by atoms with E-state index in [1.807, 2.05) is 0 Å². The minimum atomic E-state index is -1.16. The number of hydrogen-bond donors (Lipinski definition) is 2. The Kier molecular flexibility index (Phi) is 5.25. The van der Waals surface area contributed by atoms with Crippen LogP contribution in [0.3, 0.4) is 0 Å². The molecule has 1 aromatic carbocycles. The van der Waals surface area contributed by atoms with Crippen molar-refractivity contribution >= 4 is 17.6 Å². The molecule has 1 unspecified atom stereocenters. The lowest BCUT2D eigenvalue weighted by Crippen LogP contribution is -2.27. The van der Waals surface area contributed by atoms with Gasteiger partial charge in [-0.3, -0.25) is 9.48 Å². The quantitative estimate of drug-likeness (QED) is 0.679. The number of aryl methyl sites for hydroxylation is 1. The van der Waals surface area contributed by atoms with Crippen LogP contribution in [0.25, 0.3) is 0 Å². The maximum absolute atomic E-state index is 13.4. The van der Waals surface area contributed by atoms with Crippen LogP contribution in [0.4, 0.5) is 10.1 Å². The second-order valence-corrected chi connectivity index (χ2v) is 6.46. The van der Waals surface area contributed by atoms with Gasteiger partial charge in [0.1, 0.15) is 17.6 Å². The molecule has 0 saturated carbocycles. The number of benzene rings is 1. The van der Waals surface area contributed by atoms with Crippen molar-refractivity contribution in [2.45, 2.75) is 33.4 Å². The second kappa shape index (κ2) is 7.63. The summed E-state index contributed by atoms with van der Waals surface area (Å²) in [5, 5.41) is 20.3. The number of nitrogens with zero attached hydrogens (tertiary/aromatic N) is 4. The summed E-state index contributed by atoms with van der Waals surface area (Å²) >= 11 is 0. The van der Waals surface area contributed by atoms with E-state index >= 15 is 0 Å².